The van der Waals surface area contributed by atoms with Gasteiger partial charge in [0.2, 0.25) is 0 Å². The number of nitrogens with zero attached hydrogens (tertiary/aromatic N) is 1. The lowest BCUT2D eigenvalue weighted by atomic mass is 9.83. The Labute approximate surface area is 99.8 Å². The third-order valence-electron chi connectivity index (χ3n) is 4.02. The molecule has 0 aromatic rings. The van der Waals surface area contributed by atoms with E-state index in [1.165, 1.54) is 0 Å². The highest BCUT2D eigenvalue weighted by atomic mass is 16.5. The Hall–Kier alpha value is -0.120. The zero-order valence-electron chi connectivity index (χ0n) is 11.4. The Morgan fingerprint density at radius 1 is 1.44 bits per heavy atom. The van der Waals surface area contributed by atoms with Gasteiger partial charge >= 0.3 is 0 Å². The number of aliphatic hydroxyl groups excluding tert-OH is 1. The Balaban J connectivity index is 2.58. The van der Waals surface area contributed by atoms with Gasteiger partial charge in [0.15, 0.2) is 0 Å². The van der Waals surface area contributed by atoms with Gasteiger partial charge in [-0.25, -0.2) is 0 Å². The molecular weight excluding hydrogens is 202 g/mol. The molecule has 0 saturated carbocycles. The molecule has 3 nitrogen and oxygen atoms in total. The lowest BCUT2D eigenvalue weighted by Crippen LogP contribution is -2.46. The molecule has 1 saturated heterocycles. The van der Waals surface area contributed by atoms with Gasteiger partial charge in [-0.05, 0) is 25.8 Å². The zero-order chi connectivity index (χ0) is 12.4. The molecule has 0 radical (unpaired) electrons. The second-order valence-electron chi connectivity index (χ2n) is 6.42. The molecule has 1 aliphatic rings. The van der Waals surface area contributed by atoms with Crippen LogP contribution in [0.3, 0.4) is 0 Å². The van der Waals surface area contributed by atoms with Gasteiger partial charge in [0.1, 0.15) is 0 Å². The van der Waals surface area contributed by atoms with Crippen LogP contribution in [-0.4, -0.2) is 49.5 Å². The van der Waals surface area contributed by atoms with Gasteiger partial charge in [-0.1, -0.05) is 20.8 Å². The number of aliphatic hydroxyl groups is 1. The van der Waals surface area contributed by atoms with Gasteiger partial charge in [0.25, 0.3) is 0 Å². The molecule has 0 amide bonds. The van der Waals surface area contributed by atoms with E-state index in [-0.39, 0.29) is 17.4 Å². The minimum absolute atomic E-state index is 0.0335. The van der Waals surface area contributed by atoms with Crippen LogP contribution in [0, 0.1) is 10.8 Å². The first-order valence-electron chi connectivity index (χ1n) is 6.20. The Kier molecular flexibility index (Phi) is 4.38. The number of ether oxygens (including phenoxy) is 1. The van der Waals surface area contributed by atoms with Crippen molar-refractivity contribution >= 4 is 0 Å². The van der Waals surface area contributed by atoms with Crippen molar-refractivity contribution in [1.29, 1.82) is 0 Å². The molecule has 0 spiro atoms. The average Bonchev–Trinajstić information content (AvgIpc) is 2.64. The predicted octanol–water partition coefficient (Wildman–Crippen LogP) is 1.75. The van der Waals surface area contributed by atoms with E-state index in [1.807, 2.05) is 0 Å². The summed E-state index contributed by atoms with van der Waals surface area (Å²) in [7, 11) is 2.14. The Bertz CT molecular complexity index is 216. The Morgan fingerprint density at radius 3 is 2.44 bits per heavy atom. The Morgan fingerprint density at radius 2 is 2.06 bits per heavy atom. The first-order chi connectivity index (χ1) is 7.31. The van der Waals surface area contributed by atoms with Crippen LogP contribution in [0.5, 0.6) is 0 Å². The third-order valence-corrected chi connectivity index (χ3v) is 4.02. The number of rotatable bonds is 4. The number of hydrogen-bond acceptors (Lipinski definition) is 3. The molecule has 0 aromatic heterocycles. The van der Waals surface area contributed by atoms with Crippen molar-refractivity contribution in [2.24, 2.45) is 10.8 Å². The second kappa shape index (κ2) is 5.03. The van der Waals surface area contributed by atoms with Gasteiger partial charge in [0, 0.05) is 24.6 Å². The maximum Gasteiger partial charge on any atom is 0.0557 e. The summed E-state index contributed by atoms with van der Waals surface area (Å²) >= 11 is 0. The highest BCUT2D eigenvalue weighted by Crippen LogP contribution is 2.31. The van der Waals surface area contributed by atoms with Crippen molar-refractivity contribution in [3.05, 3.63) is 0 Å². The molecule has 3 heteroatoms. The summed E-state index contributed by atoms with van der Waals surface area (Å²) in [6, 6.07) is 0.497. The third kappa shape index (κ3) is 3.19. The first kappa shape index (κ1) is 13.9. The molecule has 0 aromatic carbocycles. The normalized spacial score (nSPS) is 28.7. The van der Waals surface area contributed by atoms with Crippen LogP contribution in [0.15, 0.2) is 0 Å². The fourth-order valence-corrected chi connectivity index (χ4v) is 2.28. The minimum Gasteiger partial charge on any atom is -0.396 e. The fraction of sp³-hybridized carbons (Fsp3) is 1.00. The van der Waals surface area contributed by atoms with Crippen molar-refractivity contribution in [3.63, 3.8) is 0 Å². The largest absolute Gasteiger partial charge is 0.396 e. The van der Waals surface area contributed by atoms with Crippen LogP contribution in [0.1, 0.15) is 34.1 Å². The van der Waals surface area contributed by atoms with Crippen molar-refractivity contribution in [2.75, 3.05) is 33.4 Å². The average molecular weight is 229 g/mol. The van der Waals surface area contributed by atoms with E-state index >= 15 is 0 Å². The fourth-order valence-electron chi connectivity index (χ4n) is 2.28. The van der Waals surface area contributed by atoms with Gasteiger partial charge < -0.3 is 14.7 Å². The molecule has 0 aliphatic carbocycles. The highest BCUT2D eigenvalue weighted by Gasteiger charge is 2.37. The summed E-state index contributed by atoms with van der Waals surface area (Å²) in [5.74, 6) is 0. The molecule has 1 aliphatic heterocycles. The van der Waals surface area contributed by atoms with E-state index in [1.54, 1.807) is 0 Å². The molecular formula is C13H27NO2. The predicted molar refractivity (Wildman–Crippen MR) is 66.5 cm³/mol. The van der Waals surface area contributed by atoms with Crippen LogP contribution in [0.25, 0.3) is 0 Å². The van der Waals surface area contributed by atoms with Gasteiger partial charge in [-0.2, -0.15) is 0 Å². The summed E-state index contributed by atoms with van der Waals surface area (Å²) in [4.78, 5) is 2.35. The topological polar surface area (TPSA) is 32.7 Å². The minimum atomic E-state index is -0.0335. The lowest BCUT2D eigenvalue weighted by molar-refractivity contribution is 0.0341. The summed E-state index contributed by atoms with van der Waals surface area (Å²) in [5.41, 5.74) is 0.235. The quantitative estimate of drug-likeness (QED) is 0.797. The van der Waals surface area contributed by atoms with Crippen molar-refractivity contribution in [3.8, 4) is 0 Å². The molecule has 2 atom stereocenters. The molecule has 1 heterocycles. The lowest BCUT2D eigenvalue weighted by Gasteiger charge is -2.39. The summed E-state index contributed by atoms with van der Waals surface area (Å²) in [6.07, 6.45) is 0.977. The SMILES string of the molecule is CC(N(C)CC1(CO)CCOC1)C(C)(C)C. The maximum atomic E-state index is 9.54. The van der Waals surface area contributed by atoms with E-state index in [2.05, 4.69) is 39.6 Å². The van der Waals surface area contributed by atoms with Crippen molar-refractivity contribution in [2.45, 2.75) is 40.2 Å². The second-order valence-corrected chi connectivity index (χ2v) is 6.42. The number of hydrogen-bond donors (Lipinski definition) is 1. The molecule has 16 heavy (non-hydrogen) atoms. The van der Waals surface area contributed by atoms with Crippen molar-refractivity contribution in [1.82, 2.24) is 4.90 Å². The summed E-state index contributed by atoms with van der Waals surface area (Å²) in [6.45, 7) is 11.7. The molecule has 0 bridgehead atoms. The monoisotopic (exact) mass is 229 g/mol. The highest BCUT2D eigenvalue weighted by molar-refractivity contribution is 4.88. The standard InChI is InChI=1S/C13H27NO2/c1-11(12(2,3)4)14(5)8-13(9-15)6-7-16-10-13/h11,15H,6-10H2,1-5H3. The molecule has 1 fully saturated rings. The van der Waals surface area contributed by atoms with E-state index < -0.39 is 0 Å². The van der Waals surface area contributed by atoms with Crippen molar-refractivity contribution < 1.29 is 9.84 Å². The van der Waals surface area contributed by atoms with Gasteiger partial charge in [-0.3, -0.25) is 0 Å². The van der Waals surface area contributed by atoms with Crippen LogP contribution in [0.2, 0.25) is 0 Å². The van der Waals surface area contributed by atoms with Gasteiger partial charge in [-0.15, -0.1) is 0 Å². The summed E-state index contributed by atoms with van der Waals surface area (Å²) in [5, 5.41) is 9.54. The zero-order valence-corrected chi connectivity index (χ0v) is 11.4. The van der Waals surface area contributed by atoms with E-state index in [9.17, 15) is 5.11 Å². The van der Waals surface area contributed by atoms with Crippen LogP contribution < -0.4 is 0 Å². The maximum absolute atomic E-state index is 9.54. The smallest absolute Gasteiger partial charge is 0.0557 e. The van der Waals surface area contributed by atoms with Crippen LogP contribution in [0.4, 0.5) is 0 Å². The van der Waals surface area contributed by atoms with E-state index in [0.29, 0.717) is 12.6 Å². The van der Waals surface area contributed by atoms with Gasteiger partial charge in [0.05, 0.1) is 13.2 Å². The molecule has 1 N–H and O–H groups in total. The summed E-state index contributed by atoms with van der Waals surface area (Å²) < 4.78 is 5.43. The molecule has 1 rings (SSSR count). The van der Waals surface area contributed by atoms with Crippen LogP contribution >= 0.6 is 0 Å². The molecule has 96 valence electrons. The molecule has 2 unspecified atom stereocenters. The van der Waals surface area contributed by atoms with E-state index in [0.717, 1.165) is 19.6 Å². The first-order valence-corrected chi connectivity index (χ1v) is 6.20. The van der Waals surface area contributed by atoms with E-state index in [4.69, 9.17) is 4.74 Å². The van der Waals surface area contributed by atoms with Crippen LogP contribution in [-0.2, 0) is 4.74 Å².